The number of fused-ring (bicyclic) bond motifs is 1. The van der Waals surface area contributed by atoms with Crippen molar-refractivity contribution in [2.45, 2.75) is 44.6 Å². The van der Waals surface area contributed by atoms with Crippen LogP contribution in [0.1, 0.15) is 53.1 Å². The fraction of sp³-hybridized carbons (Fsp3) is 0.524. The van der Waals surface area contributed by atoms with Crippen LogP contribution in [0, 0.1) is 18.7 Å². The number of hydrogen-bond acceptors (Lipinski definition) is 4. The fourth-order valence-electron chi connectivity index (χ4n) is 4.62. The topological polar surface area (TPSA) is 88.0 Å². The van der Waals surface area contributed by atoms with Gasteiger partial charge in [-0.2, -0.15) is 0 Å². The van der Waals surface area contributed by atoms with Crippen LogP contribution >= 0.6 is 24.8 Å². The second-order valence-electron chi connectivity index (χ2n) is 8.20. The fourth-order valence-corrected chi connectivity index (χ4v) is 4.62. The molecule has 4 rings (SSSR count). The lowest BCUT2D eigenvalue weighted by Crippen LogP contribution is -2.49. The first-order chi connectivity index (χ1) is 13.8. The van der Waals surface area contributed by atoms with Gasteiger partial charge in [0.2, 0.25) is 0 Å². The van der Waals surface area contributed by atoms with E-state index in [9.17, 15) is 19.1 Å². The molecule has 1 aliphatic carbocycles. The number of carboxylic acids is 1. The molecule has 1 saturated heterocycles. The number of alkyl halides is 1. The number of hydrogen-bond donors (Lipinski definition) is 2. The average molecular weight is 478 g/mol. The highest BCUT2D eigenvalue weighted by atomic mass is 35.5. The third-order valence-electron chi connectivity index (χ3n) is 6.29. The first-order valence-corrected chi connectivity index (χ1v) is 10.0. The van der Waals surface area contributed by atoms with E-state index in [1.165, 1.54) is 6.07 Å². The molecule has 2 atom stereocenters. The molecule has 10 heteroatoms. The van der Waals surface area contributed by atoms with Crippen LogP contribution in [0.2, 0.25) is 0 Å². The molecule has 3 N–H and O–H groups in total. The van der Waals surface area contributed by atoms with Gasteiger partial charge in [-0.3, -0.25) is 13.6 Å². The van der Waals surface area contributed by atoms with Gasteiger partial charge in [-0.25, -0.2) is 9.18 Å². The molecule has 31 heavy (non-hydrogen) atoms. The van der Waals surface area contributed by atoms with Gasteiger partial charge < -0.3 is 15.7 Å². The van der Waals surface area contributed by atoms with E-state index in [0.29, 0.717) is 42.7 Å². The van der Waals surface area contributed by atoms with Gasteiger partial charge in [0, 0.05) is 19.1 Å². The summed E-state index contributed by atoms with van der Waals surface area (Å²) in [6.45, 7) is 2.32. The minimum absolute atomic E-state index is 0. The molecule has 6 nitrogen and oxygen atoms in total. The van der Waals surface area contributed by atoms with Crippen LogP contribution in [0.25, 0.3) is 5.52 Å². The smallest absolute Gasteiger partial charge is 0.341 e. The number of carbonyl (C=O) groups is 1. The van der Waals surface area contributed by atoms with Crippen molar-refractivity contribution < 1.29 is 18.7 Å². The monoisotopic (exact) mass is 477 g/mol. The van der Waals surface area contributed by atoms with Gasteiger partial charge in [0.1, 0.15) is 5.56 Å². The molecule has 0 bridgehead atoms. The van der Waals surface area contributed by atoms with Crippen molar-refractivity contribution in [1.29, 1.82) is 0 Å². The van der Waals surface area contributed by atoms with Gasteiger partial charge in [0.05, 0.1) is 24.1 Å². The van der Waals surface area contributed by atoms with Crippen molar-refractivity contribution in [3.05, 3.63) is 45.1 Å². The van der Waals surface area contributed by atoms with E-state index in [1.807, 2.05) is 4.90 Å². The summed E-state index contributed by atoms with van der Waals surface area (Å²) in [6, 6.07) is 1.19. The van der Waals surface area contributed by atoms with Crippen LogP contribution in [0.5, 0.6) is 0 Å². The minimum atomic E-state index is -1.31. The molecule has 172 valence electrons. The SMILES string of the molecule is Cc1c(N2CCC(CCF)[C@H](N)C2)c(F)cn2c(=O)c(C(=O)O)cc(C3CC3)c12.Cl.Cl. The molecule has 1 aliphatic heterocycles. The number of piperidine rings is 1. The van der Waals surface area contributed by atoms with Gasteiger partial charge in [0.25, 0.3) is 5.56 Å². The lowest BCUT2D eigenvalue weighted by Gasteiger charge is -2.38. The number of anilines is 1. The molecule has 2 fully saturated rings. The summed E-state index contributed by atoms with van der Waals surface area (Å²) in [5.74, 6) is -1.65. The van der Waals surface area contributed by atoms with Crippen molar-refractivity contribution in [2.75, 3.05) is 24.7 Å². The zero-order valence-electron chi connectivity index (χ0n) is 17.1. The minimum Gasteiger partial charge on any atom is -0.477 e. The third-order valence-corrected chi connectivity index (χ3v) is 6.29. The van der Waals surface area contributed by atoms with Crippen LogP contribution in [0.4, 0.5) is 14.5 Å². The van der Waals surface area contributed by atoms with Crippen molar-refractivity contribution in [3.63, 3.8) is 0 Å². The van der Waals surface area contributed by atoms with Gasteiger partial charge in [0.15, 0.2) is 5.82 Å². The highest BCUT2D eigenvalue weighted by Gasteiger charge is 2.32. The summed E-state index contributed by atoms with van der Waals surface area (Å²) in [5, 5.41) is 9.39. The molecule has 1 unspecified atom stereocenters. The maximum Gasteiger partial charge on any atom is 0.341 e. The molecule has 0 spiro atoms. The maximum atomic E-state index is 15.1. The first kappa shape index (κ1) is 25.4. The summed E-state index contributed by atoms with van der Waals surface area (Å²) in [7, 11) is 0. The van der Waals surface area contributed by atoms with Gasteiger partial charge in [-0.1, -0.05) is 0 Å². The number of nitrogens with two attached hydrogens (primary N) is 1. The molecule has 2 aliphatic rings. The quantitative estimate of drug-likeness (QED) is 0.685. The van der Waals surface area contributed by atoms with Gasteiger partial charge in [-0.05, 0) is 61.6 Å². The highest BCUT2D eigenvalue weighted by molar-refractivity contribution is 5.89. The van der Waals surface area contributed by atoms with Crippen LogP contribution in [-0.4, -0.2) is 41.3 Å². The Morgan fingerprint density at radius 2 is 1.97 bits per heavy atom. The highest BCUT2D eigenvalue weighted by Crippen LogP contribution is 2.44. The second kappa shape index (κ2) is 9.71. The number of nitrogens with zero attached hydrogens (tertiary/aromatic N) is 2. The first-order valence-electron chi connectivity index (χ1n) is 10.0. The number of aromatic nitrogens is 1. The van der Waals surface area contributed by atoms with Crippen molar-refractivity contribution in [2.24, 2.45) is 11.7 Å². The average Bonchev–Trinajstić information content (AvgIpc) is 3.49. The number of carboxylic acid groups (broad SMARTS) is 1. The largest absolute Gasteiger partial charge is 0.477 e. The zero-order valence-corrected chi connectivity index (χ0v) is 18.8. The summed E-state index contributed by atoms with van der Waals surface area (Å²) in [6.07, 6.45) is 4.01. The maximum absolute atomic E-state index is 15.1. The van der Waals surface area contributed by atoms with Crippen molar-refractivity contribution in [3.8, 4) is 0 Å². The van der Waals surface area contributed by atoms with E-state index in [0.717, 1.165) is 29.0 Å². The Bertz CT molecular complexity index is 1040. The van der Waals surface area contributed by atoms with Gasteiger partial charge in [-0.15, -0.1) is 24.8 Å². The molecule has 0 amide bonds. The van der Waals surface area contributed by atoms with E-state index in [4.69, 9.17) is 5.73 Å². The molecule has 2 aromatic heterocycles. The van der Waals surface area contributed by atoms with Crippen LogP contribution in [0.3, 0.4) is 0 Å². The molecular formula is C21H27Cl2F2N3O3. The molecule has 0 radical (unpaired) electrons. The number of rotatable bonds is 5. The molecule has 3 heterocycles. The van der Waals surface area contributed by atoms with E-state index < -0.39 is 24.0 Å². The standard InChI is InChI=1S/C21H25F2N3O3.2ClH/c1-11-18-14(12-2-3-12)8-15(21(28)29)20(27)26(18)9-16(23)19(11)25-7-5-13(4-6-22)17(24)10-25;;/h8-9,12-13,17H,2-7,10,24H2,1H3,(H,28,29);2*1H/t13?,17-;;/m1../s1. The predicted molar refractivity (Wildman–Crippen MR) is 121 cm³/mol. The summed E-state index contributed by atoms with van der Waals surface area (Å²) in [4.78, 5) is 26.1. The van der Waals surface area contributed by atoms with Gasteiger partial charge >= 0.3 is 5.97 Å². The lowest BCUT2D eigenvalue weighted by molar-refractivity contribution is 0.0694. The summed E-state index contributed by atoms with van der Waals surface area (Å²) >= 11 is 0. The van der Waals surface area contributed by atoms with Crippen LogP contribution in [-0.2, 0) is 0 Å². The normalized spacial score (nSPS) is 20.8. The number of aryl methyl sites for hydroxylation is 1. The zero-order chi connectivity index (χ0) is 20.9. The summed E-state index contributed by atoms with van der Waals surface area (Å²) < 4.78 is 29.0. The van der Waals surface area contributed by atoms with E-state index in [2.05, 4.69) is 0 Å². The third kappa shape index (κ3) is 4.52. The van der Waals surface area contributed by atoms with Crippen molar-refractivity contribution >= 4 is 42.0 Å². The molecule has 2 aromatic rings. The summed E-state index contributed by atoms with van der Waals surface area (Å²) in [5.41, 5.74) is 7.50. The molecular weight excluding hydrogens is 451 g/mol. The predicted octanol–water partition coefficient (Wildman–Crippen LogP) is 3.68. The molecule has 0 aromatic carbocycles. The number of halogens is 4. The van der Waals surface area contributed by atoms with E-state index in [-0.39, 0.29) is 48.3 Å². The van der Waals surface area contributed by atoms with Crippen LogP contribution in [0.15, 0.2) is 17.1 Å². The number of aromatic carboxylic acids is 1. The Morgan fingerprint density at radius 1 is 1.29 bits per heavy atom. The Balaban J connectivity index is 0.00000171. The Hall–Kier alpha value is -1.90. The van der Waals surface area contributed by atoms with Crippen LogP contribution < -0.4 is 16.2 Å². The Labute approximate surface area is 191 Å². The Kier molecular flexibility index (Phi) is 7.94. The molecule has 1 saturated carbocycles. The second-order valence-corrected chi connectivity index (χ2v) is 8.20. The lowest BCUT2D eigenvalue weighted by atomic mass is 9.89. The van der Waals surface area contributed by atoms with E-state index >= 15 is 4.39 Å². The number of pyridine rings is 2. The van der Waals surface area contributed by atoms with E-state index in [1.54, 1.807) is 6.92 Å². The Morgan fingerprint density at radius 3 is 2.52 bits per heavy atom. The van der Waals surface area contributed by atoms with Crippen molar-refractivity contribution in [1.82, 2.24) is 4.40 Å².